The van der Waals surface area contributed by atoms with Crippen LogP contribution < -0.4 is 4.74 Å². The van der Waals surface area contributed by atoms with Gasteiger partial charge < -0.3 is 9.64 Å². The zero-order valence-corrected chi connectivity index (χ0v) is 19.9. The summed E-state index contributed by atoms with van der Waals surface area (Å²) in [5.41, 5.74) is 3.76. The summed E-state index contributed by atoms with van der Waals surface area (Å²) in [4.78, 5) is 16.8. The van der Waals surface area contributed by atoms with Crippen LogP contribution in [-0.2, 0) is 19.3 Å². The van der Waals surface area contributed by atoms with Crippen molar-refractivity contribution >= 4 is 5.91 Å². The Hall–Kier alpha value is -3.32. The third-order valence-electron chi connectivity index (χ3n) is 6.31. The van der Waals surface area contributed by atoms with Crippen LogP contribution in [0.1, 0.15) is 38.2 Å². The molecule has 1 heterocycles. The van der Waals surface area contributed by atoms with Gasteiger partial charge in [0, 0.05) is 38.3 Å². The Bertz CT molecular complexity index is 1150. The predicted molar refractivity (Wildman–Crippen MR) is 129 cm³/mol. The lowest BCUT2D eigenvalue weighted by Crippen LogP contribution is -2.48. The highest BCUT2D eigenvalue weighted by molar-refractivity contribution is 5.94. The molecule has 1 saturated heterocycles. The Morgan fingerprint density at radius 3 is 2.11 bits per heavy atom. The lowest BCUT2D eigenvalue weighted by Gasteiger charge is -2.35. The van der Waals surface area contributed by atoms with E-state index in [0.717, 1.165) is 28.5 Å². The third kappa shape index (κ3) is 6.22. The molecule has 0 radical (unpaired) electrons. The van der Waals surface area contributed by atoms with Gasteiger partial charge in [-0.25, -0.2) is 0 Å². The molecule has 0 aliphatic carbocycles. The van der Waals surface area contributed by atoms with Crippen molar-refractivity contribution in [3.63, 3.8) is 0 Å². The quantitative estimate of drug-likeness (QED) is 0.441. The number of amides is 1. The molecule has 0 unspecified atom stereocenters. The molecule has 3 aromatic rings. The number of nitrogens with zero attached hydrogens (tertiary/aromatic N) is 2. The molecule has 1 amide bonds. The molecule has 35 heavy (non-hydrogen) atoms. The van der Waals surface area contributed by atoms with Gasteiger partial charge in [0.05, 0.1) is 5.56 Å². The van der Waals surface area contributed by atoms with Gasteiger partial charge in [0.15, 0.2) is 0 Å². The summed E-state index contributed by atoms with van der Waals surface area (Å²) >= 11 is 0. The summed E-state index contributed by atoms with van der Waals surface area (Å²) in [5.74, 6) is 0.849. The molecule has 1 fully saturated rings. The number of aryl methyl sites for hydroxylation is 2. The SMILES string of the molecule is Cc1cccc(C)c1OCc1ccc(C(=O)N2CCN(Cc3cccc(C(F)(F)F)c3)CC2)cc1. The van der Waals surface area contributed by atoms with Crippen LogP contribution >= 0.6 is 0 Å². The van der Waals surface area contributed by atoms with Crippen LogP contribution in [0.25, 0.3) is 0 Å². The first-order valence-corrected chi connectivity index (χ1v) is 11.7. The van der Waals surface area contributed by atoms with Crippen LogP contribution in [0.2, 0.25) is 0 Å². The van der Waals surface area contributed by atoms with Crippen LogP contribution in [-0.4, -0.2) is 41.9 Å². The van der Waals surface area contributed by atoms with Gasteiger partial charge in [-0.15, -0.1) is 0 Å². The Kier molecular flexibility index (Phi) is 7.45. The zero-order chi connectivity index (χ0) is 25.0. The number of carbonyl (C=O) groups excluding carboxylic acids is 1. The minimum Gasteiger partial charge on any atom is -0.488 e. The number of rotatable bonds is 6. The average Bonchev–Trinajstić information content (AvgIpc) is 2.84. The molecule has 1 aliphatic rings. The van der Waals surface area contributed by atoms with E-state index in [2.05, 4.69) is 4.90 Å². The molecule has 0 saturated carbocycles. The largest absolute Gasteiger partial charge is 0.488 e. The van der Waals surface area contributed by atoms with E-state index >= 15 is 0 Å². The molecule has 3 aromatic carbocycles. The summed E-state index contributed by atoms with van der Waals surface area (Å²) in [5, 5.41) is 0. The zero-order valence-electron chi connectivity index (χ0n) is 19.9. The normalized spacial score (nSPS) is 14.7. The standard InChI is InChI=1S/C28H29F3N2O2/c1-20-5-3-6-21(2)26(20)35-19-22-9-11-24(12-10-22)27(34)33-15-13-32(14-16-33)18-23-7-4-8-25(17-23)28(29,30)31/h3-12,17H,13-16,18-19H2,1-2H3. The van der Waals surface area contributed by atoms with Crippen molar-refractivity contribution in [2.45, 2.75) is 33.2 Å². The highest BCUT2D eigenvalue weighted by atomic mass is 19.4. The molecule has 4 nitrogen and oxygen atoms in total. The first-order chi connectivity index (χ1) is 16.7. The van der Waals surface area contributed by atoms with Crippen LogP contribution in [0.15, 0.2) is 66.7 Å². The topological polar surface area (TPSA) is 32.8 Å². The number of carbonyl (C=O) groups is 1. The van der Waals surface area contributed by atoms with E-state index in [9.17, 15) is 18.0 Å². The van der Waals surface area contributed by atoms with Crippen molar-refractivity contribution in [3.05, 3.63) is 100 Å². The fourth-order valence-corrected chi connectivity index (χ4v) is 4.32. The van der Waals surface area contributed by atoms with Gasteiger partial charge in [-0.3, -0.25) is 9.69 Å². The second-order valence-corrected chi connectivity index (χ2v) is 8.97. The van der Waals surface area contributed by atoms with Gasteiger partial charge in [0.2, 0.25) is 0 Å². The summed E-state index contributed by atoms with van der Waals surface area (Å²) in [6.45, 7) is 7.19. The molecule has 0 bridgehead atoms. The van der Waals surface area contributed by atoms with E-state index in [4.69, 9.17) is 4.74 Å². The van der Waals surface area contributed by atoms with Crippen molar-refractivity contribution in [3.8, 4) is 5.75 Å². The van der Waals surface area contributed by atoms with Crippen LogP contribution in [0.3, 0.4) is 0 Å². The number of ether oxygens (including phenoxy) is 1. The van der Waals surface area contributed by atoms with Gasteiger partial charge >= 0.3 is 6.18 Å². The third-order valence-corrected chi connectivity index (χ3v) is 6.31. The van der Waals surface area contributed by atoms with Crippen molar-refractivity contribution in [1.29, 1.82) is 0 Å². The van der Waals surface area contributed by atoms with Crippen molar-refractivity contribution in [2.75, 3.05) is 26.2 Å². The van der Waals surface area contributed by atoms with Crippen molar-refractivity contribution in [2.24, 2.45) is 0 Å². The monoisotopic (exact) mass is 482 g/mol. The Labute approximate surface area is 203 Å². The maximum atomic E-state index is 13.0. The number of para-hydroxylation sites is 1. The maximum Gasteiger partial charge on any atom is 0.416 e. The molecule has 4 rings (SSSR count). The van der Waals surface area contributed by atoms with E-state index in [1.165, 1.54) is 12.1 Å². The average molecular weight is 483 g/mol. The first kappa shape index (κ1) is 24.8. The molecular weight excluding hydrogens is 453 g/mol. The summed E-state index contributed by atoms with van der Waals surface area (Å²) in [6.07, 6.45) is -4.35. The minimum absolute atomic E-state index is 0.0362. The minimum atomic E-state index is -4.35. The molecule has 1 aliphatic heterocycles. The van der Waals surface area contributed by atoms with Crippen LogP contribution in [0.4, 0.5) is 13.2 Å². The molecule has 7 heteroatoms. The van der Waals surface area contributed by atoms with Crippen molar-refractivity contribution < 1.29 is 22.7 Å². The predicted octanol–water partition coefficient (Wildman–Crippen LogP) is 5.86. The highest BCUT2D eigenvalue weighted by Gasteiger charge is 2.30. The number of benzene rings is 3. The fraction of sp³-hybridized carbons (Fsp3) is 0.321. The van der Waals surface area contributed by atoms with Gasteiger partial charge in [-0.2, -0.15) is 13.2 Å². The van der Waals surface area contributed by atoms with E-state index in [1.807, 2.05) is 56.3 Å². The van der Waals surface area contributed by atoms with Gasteiger partial charge in [0.25, 0.3) is 5.91 Å². The van der Waals surface area contributed by atoms with E-state index in [-0.39, 0.29) is 5.91 Å². The fourth-order valence-electron chi connectivity index (χ4n) is 4.32. The summed E-state index contributed by atoms with van der Waals surface area (Å²) < 4.78 is 44.9. The highest BCUT2D eigenvalue weighted by Crippen LogP contribution is 2.30. The van der Waals surface area contributed by atoms with Crippen LogP contribution in [0, 0.1) is 13.8 Å². The Morgan fingerprint density at radius 2 is 1.49 bits per heavy atom. The smallest absolute Gasteiger partial charge is 0.416 e. The molecule has 0 spiro atoms. The molecule has 0 aromatic heterocycles. The first-order valence-electron chi connectivity index (χ1n) is 11.7. The van der Waals surface area contributed by atoms with E-state index in [1.54, 1.807) is 11.0 Å². The number of hydrogen-bond donors (Lipinski definition) is 0. The summed E-state index contributed by atoms with van der Waals surface area (Å²) in [7, 11) is 0. The number of halogens is 3. The maximum absolute atomic E-state index is 13.0. The second kappa shape index (κ2) is 10.5. The molecule has 184 valence electrons. The Balaban J connectivity index is 1.29. The van der Waals surface area contributed by atoms with Crippen molar-refractivity contribution in [1.82, 2.24) is 9.80 Å². The van der Waals surface area contributed by atoms with Gasteiger partial charge in [-0.05, 0) is 54.3 Å². The number of alkyl halides is 3. The van der Waals surface area contributed by atoms with Gasteiger partial charge in [0.1, 0.15) is 12.4 Å². The van der Waals surface area contributed by atoms with Gasteiger partial charge in [-0.1, -0.05) is 48.5 Å². The summed E-state index contributed by atoms with van der Waals surface area (Å²) in [6, 6.07) is 18.9. The lowest BCUT2D eigenvalue weighted by molar-refractivity contribution is -0.137. The number of piperazine rings is 1. The van der Waals surface area contributed by atoms with Crippen LogP contribution in [0.5, 0.6) is 5.75 Å². The molecular formula is C28H29F3N2O2. The van der Waals surface area contributed by atoms with E-state index < -0.39 is 11.7 Å². The number of hydrogen-bond acceptors (Lipinski definition) is 3. The lowest BCUT2D eigenvalue weighted by atomic mass is 10.1. The Morgan fingerprint density at radius 1 is 0.857 bits per heavy atom. The molecule has 0 N–H and O–H groups in total. The second-order valence-electron chi connectivity index (χ2n) is 8.97. The molecule has 0 atom stereocenters. The van der Waals surface area contributed by atoms with E-state index in [0.29, 0.717) is 50.5 Å².